The first-order valence-corrected chi connectivity index (χ1v) is 30.4. The van der Waals surface area contributed by atoms with E-state index in [1.807, 2.05) is 19.2 Å². The van der Waals surface area contributed by atoms with Gasteiger partial charge >= 0.3 is 5.97 Å². The number of rotatable bonds is 27. The van der Waals surface area contributed by atoms with Gasteiger partial charge in [0, 0.05) is 113 Å². The monoisotopic (exact) mass is 1210 g/mol. The molecule has 1 aromatic heterocycles. The molecule has 1 aliphatic carbocycles. The predicted molar refractivity (Wildman–Crippen MR) is 322 cm³/mol. The van der Waals surface area contributed by atoms with Crippen molar-refractivity contribution in [2.75, 3.05) is 140 Å². The van der Waals surface area contributed by atoms with Crippen LogP contribution in [-0.4, -0.2) is 195 Å². The molecule has 4 aliphatic rings. The van der Waals surface area contributed by atoms with Crippen LogP contribution in [0.3, 0.4) is 0 Å². The zero-order valence-corrected chi connectivity index (χ0v) is 50.8. The Kier molecular flexibility index (Phi) is 25.0. The van der Waals surface area contributed by atoms with Crippen LogP contribution >= 0.6 is 35.0 Å². The van der Waals surface area contributed by atoms with Gasteiger partial charge in [0.25, 0.3) is 0 Å². The lowest BCUT2D eigenvalue weighted by molar-refractivity contribution is -0.148. The van der Waals surface area contributed by atoms with Gasteiger partial charge < -0.3 is 62.7 Å². The summed E-state index contributed by atoms with van der Waals surface area (Å²) in [5, 5.41) is 17.0. The maximum Gasteiger partial charge on any atom is 0.345 e. The fourth-order valence-electron chi connectivity index (χ4n) is 10.7. The summed E-state index contributed by atoms with van der Waals surface area (Å²) in [6, 6.07) is 11.7. The highest BCUT2D eigenvalue weighted by molar-refractivity contribution is 7.99. The second kappa shape index (κ2) is 32.4. The quantitative estimate of drug-likeness (QED) is 0.0219. The Hall–Kier alpha value is -5.10. The van der Waals surface area contributed by atoms with Gasteiger partial charge in [0.05, 0.1) is 80.3 Å². The number of carbonyl (C=O) groups is 1. The van der Waals surface area contributed by atoms with Crippen molar-refractivity contribution in [1.29, 1.82) is 0 Å². The molecule has 0 amide bonds. The van der Waals surface area contributed by atoms with Crippen LogP contribution in [0.4, 0.5) is 4.39 Å². The summed E-state index contributed by atoms with van der Waals surface area (Å²) in [5.74, 6) is 0.453. The minimum atomic E-state index is -1.46. The van der Waals surface area contributed by atoms with Gasteiger partial charge in [-0.3, -0.25) is 9.89 Å². The number of hydrogen-bond donors (Lipinski definition) is 2. The number of piperazine rings is 1. The van der Waals surface area contributed by atoms with Gasteiger partial charge in [-0.05, 0) is 110 Å². The first-order valence-electron chi connectivity index (χ1n) is 28.4. The number of fused-ring (bicyclic) bond motifs is 8. The first kappa shape index (κ1) is 63.9. The number of likely N-dealkylation sites (N-methyl/N-ethyl adjacent to an activating group) is 1. The van der Waals surface area contributed by atoms with Crippen molar-refractivity contribution in [3.8, 4) is 17.2 Å². The number of aliphatic carboxylic acids is 1. The molecule has 0 spiro atoms. The van der Waals surface area contributed by atoms with Crippen LogP contribution in [0.5, 0.6) is 17.2 Å². The average Bonchev–Trinajstić information content (AvgIpc) is 3.68. The maximum atomic E-state index is 15.5. The second-order valence-corrected chi connectivity index (χ2v) is 22.3. The number of methoxy groups -OCH3 is 1. The van der Waals surface area contributed by atoms with Gasteiger partial charge in [0.2, 0.25) is 6.10 Å². The molecule has 1 saturated carbocycles. The number of benzene rings is 4. The minimum absolute atomic E-state index is 0.0664. The van der Waals surface area contributed by atoms with E-state index in [0.717, 1.165) is 69.0 Å². The Morgan fingerprint density at radius 2 is 1.60 bits per heavy atom. The molecule has 1 saturated heterocycles. The molecule has 4 aromatic carbocycles. The summed E-state index contributed by atoms with van der Waals surface area (Å²) >= 11 is 16.4. The van der Waals surface area contributed by atoms with Gasteiger partial charge in [-0.15, -0.1) is 11.8 Å². The summed E-state index contributed by atoms with van der Waals surface area (Å²) < 4.78 is 75.7. The van der Waals surface area contributed by atoms with E-state index in [9.17, 15) is 9.90 Å². The molecule has 2 N–H and O–H groups in total. The number of nitrogens with zero attached hydrogens (tertiary/aromatic N) is 5. The van der Waals surface area contributed by atoms with E-state index in [2.05, 4.69) is 32.1 Å². The molecule has 0 radical (unpaired) electrons. The van der Waals surface area contributed by atoms with Crippen molar-refractivity contribution in [3.63, 3.8) is 0 Å². The van der Waals surface area contributed by atoms with Gasteiger partial charge in [-0.2, -0.15) is 0 Å². The maximum absolute atomic E-state index is 15.5. The number of carboxylic acid groups (broad SMARTS) is 1. The van der Waals surface area contributed by atoms with E-state index < -0.39 is 24.0 Å². The van der Waals surface area contributed by atoms with Gasteiger partial charge in [0.15, 0.2) is 11.6 Å². The number of nitrogens with one attached hydrogen (secondary N) is 1. The normalized spacial score (nSPS) is 19.3. The summed E-state index contributed by atoms with van der Waals surface area (Å²) in [4.78, 5) is 33.0. The molecule has 2 atom stereocenters. The molecule has 83 heavy (non-hydrogen) atoms. The molecule has 5 aromatic rings. The molecule has 0 unspecified atom stereocenters. The molecule has 18 nitrogen and oxygen atoms in total. The van der Waals surface area contributed by atoms with E-state index in [1.54, 1.807) is 57.9 Å². The van der Waals surface area contributed by atoms with Gasteiger partial charge in [-0.25, -0.2) is 19.2 Å². The Bertz CT molecular complexity index is 3000. The summed E-state index contributed by atoms with van der Waals surface area (Å²) in [5.41, 5.74) is 2.83. The third-order valence-corrected chi connectivity index (χ3v) is 16.6. The number of ether oxygens (including phenoxy) is 10. The van der Waals surface area contributed by atoms with E-state index in [-0.39, 0.29) is 53.3 Å². The molecular formula is C61H79Cl2FN6O12S. The van der Waals surface area contributed by atoms with Gasteiger partial charge in [-0.1, -0.05) is 29.3 Å². The second-order valence-electron chi connectivity index (χ2n) is 20.7. The van der Waals surface area contributed by atoms with E-state index in [4.69, 9.17) is 75.6 Å². The van der Waals surface area contributed by atoms with E-state index >= 15 is 4.39 Å². The molecule has 4 heterocycles. The van der Waals surface area contributed by atoms with Crippen LogP contribution in [0.1, 0.15) is 66.2 Å². The highest BCUT2D eigenvalue weighted by Crippen LogP contribution is 2.51. The molecule has 3 aliphatic heterocycles. The number of allylic oxidation sites excluding steroid dienone is 1. The number of halogens is 3. The number of aryl methyl sites for hydroxylation is 1. The first-order chi connectivity index (χ1) is 40.4. The lowest BCUT2D eigenvalue weighted by Crippen LogP contribution is -2.49. The Balaban J connectivity index is 0.983. The van der Waals surface area contributed by atoms with Crippen molar-refractivity contribution < 1.29 is 61.7 Å². The van der Waals surface area contributed by atoms with Crippen molar-refractivity contribution in [2.45, 2.75) is 81.2 Å². The Morgan fingerprint density at radius 1 is 0.892 bits per heavy atom. The zero-order chi connectivity index (χ0) is 58.7. The number of hydrogen-bond acceptors (Lipinski definition) is 18. The number of aliphatic imine (C=N–C) groups is 1. The average molecular weight is 1210 g/mol. The largest absolute Gasteiger partial charge is 0.490 e. The highest BCUT2D eigenvalue weighted by atomic mass is 35.5. The number of thioether (sulfide) groups is 1. The number of carboxylic acids is 1. The fraction of sp³-hybridized carbons (Fsp3) is 0.541. The van der Waals surface area contributed by atoms with Crippen LogP contribution in [0.2, 0.25) is 10.0 Å². The Labute approximate surface area is 500 Å². The predicted octanol–water partition coefficient (Wildman–Crippen LogP) is 9.67. The third-order valence-electron chi connectivity index (χ3n) is 15.0. The molecule has 22 heteroatoms. The third kappa shape index (κ3) is 17.3. The fourth-order valence-corrected chi connectivity index (χ4v) is 12.1. The summed E-state index contributed by atoms with van der Waals surface area (Å²) in [7, 11) is 7.05. The summed E-state index contributed by atoms with van der Waals surface area (Å²) in [6.45, 7) is 11.3. The molecule has 2 fully saturated rings. The summed E-state index contributed by atoms with van der Waals surface area (Å²) in [6.07, 6.45) is 7.59. The van der Waals surface area contributed by atoms with Crippen LogP contribution in [0.15, 0.2) is 64.4 Å². The lowest BCUT2D eigenvalue weighted by atomic mass is 9.87. The topological polar surface area (TPSA) is 186 Å². The molecule has 6 bridgehead atoms. The minimum Gasteiger partial charge on any atom is -0.490 e. The standard InChI is InChI=1S/C61H79Cl2FN6O12S/c1-39-52-53-48-34-42(64)10-14-47(48)58(83-6)54(52)49(35-65-2)60(66-3)82-51(61(71)72)33-41-32-45(79-38-46(81-57(55(39)62)56(53)63)36-70-20-18-69(4)19-21-70)13-15-50(41)80-37-43-16-17-67-59(68-43)40-8-11-44(12-9-40)78-31-30-77-29-28-76-27-26-75-25-24-74-23-7-22-73-5/h10,13-17,32,34-35,40,44,46,51,66H,7-9,11-12,18-31,33,36-38H2,1-6H3,(H,71,72)/t40?,44?,46-,51-/m1/s1. The van der Waals surface area contributed by atoms with Crippen molar-refractivity contribution in [2.24, 2.45) is 4.99 Å². The van der Waals surface area contributed by atoms with Crippen LogP contribution in [-0.2, 0) is 51.0 Å². The number of aromatic nitrogens is 2. The van der Waals surface area contributed by atoms with Crippen LogP contribution < -0.4 is 19.5 Å². The van der Waals surface area contributed by atoms with E-state index in [0.29, 0.717) is 134 Å². The smallest absolute Gasteiger partial charge is 0.345 e. The molecule has 9 rings (SSSR count). The van der Waals surface area contributed by atoms with Crippen molar-refractivity contribution in [3.05, 3.63) is 98.6 Å². The van der Waals surface area contributed by atoms with Crippen LogP contribution in [0, 0.1) is 12.7 Å². The Morgan fingerprint density at radius 3 is 2.28 bits per heavy atom. The highest BCUT2D eigenvalue weighted by Gasteiger charge is 2.32. The van der Waals surface area contributed by atoms with Crippen molar-refractivity contribution >= 4 is 74.3 Å². The van der Waals surface area contributed by atoms with Crippen LogP contribution in [0.25, 0.3) is 27.1 Å². The molecule has 452 valence electrons. The van der Waals surface area contributed by atoms with E-state index in [1.165, 1.54) is 23.9 Å². The van der Waals surface area contributed by atoms with Crippen molar-refractivity contribution in [1.82, 2.24) is 25.1 Å². The lowest BCUT2D eigenvalue weighted by Gasteiger charge is -2.35. The molecular weight excluding hydrogens is 1130 g/mol. The van der Waals surface area contributed by atoms with Gasteiger partial charge in [0.1, 0.15) is 42.5 Å². The SMILES string of the molecule is CN=CC1=C(NC)O[C@@H](C(=O)O)Cc2cc(ccc2OCc2ccnc(C3CCC(OCCOCCOCCOCCOCCCOC)CC3)n2)OC[C@@H](CN2CCN(C)CC2)Oc2c(Cl)c(C)c3c1c(SC)c1ccc(F)cc1c3c2Cl. The zero-order valence-electron chi connectivity index (χ0n) is 48.5.